The standard InChI is InChI=1S/C13H14BrN3O/c14-7-3-10-11(15)1-2-12(13(10)16-6-7)17-8-4-9(18)5-8/h1-3,6,8-9,17-18H,4-5,15H2. The Kier molecular flexibility index (Phi) is 2.87. The number of aliphatic hydroxyl groups is 1. The van der Waals surface area contributed by atoms with Crippen LogP contribution >= 0.6 is 15.9 Å². The normalized spacial score (nSPS) is 22.8. The number of aliphatic hydroxyl groups excluding tert-OH is 1. The second-order valence-electron chi connectivity index (χ2n) is 4.72. The highest BCUT2D eigenvalue weighted by Gasteiger charge is 2.27. The van der Waals surface area contributed by atoms with Crippen molar-refractivity contribution in [1.82, 2.24) is 4.98 Å². The minimum atomic E-state index is -0.162. The van der Waals surface area contributed by atoms with Crippen molar-refractivity contribution in [1.29, 1.82) is 0 Å². The molecule has 1 aliphatic rings. The molecule has 0 bridgehead atoms. The van der Waals surface area contributed by atoms with Gasteiger partial charge in [-0.3, -0.25) is 4.98 Å². The summed E-state index contributed by atoms with van der Waals surface area (Å²) in [5.41, 5.74) is 8.54. The van der Waals surface area contributed by atoms with E-state index < -0.39 is 0 Å². The Balaban J connectivity index is 1.99. The fourth-order valence-corrected chi connectivity index (χ4v) is 2.59. The highest BCUT2D eigenvalue weighted by Crippen LogP contribution is 2.31. The monoisotopic (exact) mass is 307 g/mol. The van der Waals surface area contributed by atoms with Gasteiger partial charge in [0.15, 0.2) is 0 Å². The number of benzene rings is 1. The van der Waals surface area contributed by atoms with Crippen molar-refractivity contribution in [3.63, 3.8) is 0 Å². The van der Waals surface area contributed by atoms with E-state index in [0.717, 1.165) is 39.6 Å². The van der Waals surface area contributed by atoms with Gasteiger partial charge >= 0.3 is 0 Å². The fraction of sp³-hybridized carbons (Fsp3) is 0.308. The number of pyridine rings is 1. The Morgan fingerprint density at radius 3 is 2.89 bits per heavy atom. The number of nitrogens with two attached hydrogens (primary N) is 1. The van der Waals surface area contributed by atoms with E-state index in [4.69, 9.17) is 5.73 Å². The minimum Gasteiger partial charge on any atom is -0.398 e. The van der Waals surface area contributed by atoms with E-state index in [0.29, 0.717) is 6.04 Å². The van der Waals surface area contributed by atoms with Gasteiger partial charge < -0.3 is 16.2 Å². The first-order valence-electron chi connectivity index (χ1n) is 5.92. The first kappa shape index (κ1) is 11.7. The molecule has 4 nitrogen and oxygen atoms in total. The molecule has 1 aliphatic carbocycles. The number of rotatable bonds is 2. The second-order valence-corrected chi connectivity index (χ2v) is 5.63. The summed E-state index contributed by atoms with van der Waals surface area (Å²) in [6.07, 6.45) is 3.19. The van der Waals surface area contributed by atoms with Gasteiger partial charge in [0, 0.05) is 27.8 Å². The lowest BCUT2D eigenvalue weighted by molar-refractivity contribution is 0.0837. The van der Waals surface area contributed by atoms with Crippen molar-refractivity contribution in [2.45, 2.75) is 25.0 Å². The van der Waals surface area contributed by atoms with Crippen LogP contribution in [-0.4, -0.2) is 22.2 Å². The summed E-state index contributed by atoms with van der Waals surface area (Å²) in [6.45, 7) is 0. The number of anilines is 2. The van der Waals surface area contributed by atoms with Crippen molar-refractivity contribution >= 4 is 38.2 Å². The molecule has 0 amide bonds. The molecule has 3 rings (SSSR count). The molecule has 0 radical (unpaired) electrons. The number of fused-ring (bicyclic) bond motifs is 1. The molecule has 1 saturated carbocycles. The Morgan fingerprint density at radius 1 is 1.39 bits per heavy atom. The average Bonchev–Trinajstić information content (AvgIpc) is 2.31. The van der Waals surface area contributed by atoms with Gasteiger partial charge in [-0.15, -0.1) is 0 Å². The molecular weight excluding hydrogens is 294 g/mol. The third-order valence-electron chi connectivity index (χ3n) is 3.32. The lowest BCUT2D eigenvalue weighted by atomic mass is 9.89. The molecule has 1 fully saturated rings. The maximum Gasteiger partial charge on any atom is 0.0954 e. The summed E-state index contributed by atoms with van der Waals surface area (Å²) in [5.74, 6) is 0. The van der Waals surface area contributed by atoms with E-state index in [2.05, 4.69) is 26.2 Å². The van der Waals surface area contributed by atoms with Gasteiger partial charge in [0.2, 0.25) is 0 Å². The van der Waals surface area contributed by atoms with Crippen LogP contribution in [-0.2, 0) is 0 Å². The summed E-state index contributed by atoms with van der Waals surface area (Å²) >= 11 is 3.40. The van der Waals surface area contributed by atoms with Gasteiger partial charge in [-0.2, -0.15) is 0 Å². The lowest BCUT2D eigenvalue weighted by Crippen LogP contribution is -2.39. The zero-order valence-corrected chi connectivity index (χ0v) is 11.3. The molecule has 1 aromatic heterocycles. The fourth-order valence-electron chi connectivity index (χ4n) is 2.26. The van der Waals surface area contributed by atoms with Crippen LogP contribution in [0.3, 0.4) is 0 Å². The number of halogens is 1. The highest BCUT2D eigenvalue weighted by atomic mass is 79.9. The van der Waals surface area contributed by atoms with Crippen LogP contribution in [0, 0.1) is 0 Å². The van der Waals surface area contributed by atoms with E-state index >= 15 is 0 Å². The topological polar surface area (TPSA) is 71.2 Å². The number of nitrogen functional groups attached to an aromatic ring is 1. The molecule has 0 atom stereocenters. The quantitative estimate of drug-likeness (QED) is 0.746. The molecule has 1 heterocycles. The van der Waals surface area contributed by atoms with E-state index in [9.17, 15) is 5.11 Å². The van der Waals surface area contributed by atoms with Crippen LogP contribution in [0.25, 0.3) is 10.9 Å². The minimum absolute atomic E-state index is 0.162. The number of aromatic nitrogens is 1. The van der Waals surface area contributed by atoms with Crippen molar-refractivity contribution in [2.75, 3.05) is 11.1 Å². The summed E-state index contributed by atoms with van der Waals surface area (Å²) in [6, 6.07) is 6.13. The predicted molar refractivity (Wildman–Crippen MR) is 76.5 cm³/mol. The van der Waals surface area contributed by atoms with Gasteiger partial charge in [0.05, 0.1) is 17.3 Å². The Bertz CT molecular complexity index is 596. The third kappa shape index (κ3) is 2.04. The van der Waals surface area contributed by atoms with Crippen LogP contribution in [0.4, 0.5) is 11.4 Å². The maximum atomic E-state index is 9.31. The molecule has 0 saturated heterocycles. The second kappa shape index (κ2) is 4.40. The number of nitrogens with one attached hydrogen (secondary N) is 1. The van der Waals surface area contributed by atoms with Crippen LogP contribution in [0.15, 0.2) is 28.9 Å². The summed E-state index contributed by atoms with van der Waals surface area (Å²) < 4.78 is 0.915. The van der Waals surface area contributed by atoms with Gasteiger partial charge in [-0.1, -0.05) is 0 Å². The smallest absolute Gasteiger partial charge is 0.0954 e. The number of nitrogens with zero attached hydrogens (tertiary/aromatic N) is 1. The number of hydrogen-bond acceptors (Lipinski definition) is 4. The van der Waals surface area contributed by atoms with Crippen molar-refractivity contribution in [3.05, 3.63) is 28.9 Å². The Labute approximate surface area is 113 Å². The molecular formula is C13H14BrN3O. The van der Waals surface area contributed by atoms with Gasteiger partial charge in [-0.05, 0) is 47.0 Å². The molecule has 94 valence electrons. The number of hydrogen-bond donors (Lipinski definition) is 3. The lowest BCUT2D eigenvalue weighted by Gasteiger charge is -2.33. The van der Waals surface area contributed by atoms with Crippen molar-refractivity contribution < 1.29 is 5.11 Å². The average molecular weight is 308 g/mol. The van der Waals surface area contributed by atoms with E-state index in [1.165, 1.54) is 0 Å². The molecule has 2 aromatic rings. The molecule has 5 heteroatoms. The Hall–Kier alpha value is -1.33. The molecule has 4 N–H and O–H groups in total. The van der Waals surface area contributed by atoms with Gasteiger partial charge in [0.1, 0.15) is 0 Å². The van der Waals surface area contributed by atoms with Crippen molar-refractivity contribution in [3.8, 4) is 0 Å². The van der Waals surface area contributed by atoms with Crippen LogP contribution in [0.5, 0.6) is 0 Å². The molecule has 1 aromatic carbocycles. The van der Waals surface area contributed by atoms with Crippen molar-refractivity contribution in [2.24, 2.45) is 0 Å². The van der Waals surface area contributed by atoms with Gasteiger partial charge in [-0.25, -0.2) is 0 Å². The first-order chi connectivity index (χ1) is 8.63. The zero-order valence-electron chi connectivity index (χ0n) is 9.73. The van der Waals surface area contributed by atoms with E-state index in [-0.39, 0.29) is 6.10 Å². The maximum absolute atomic E-state index is 9.31. The molecule has 18 heavy (non-hydrogen) atoms. The largest absolute Gasteiger partial charge is 0.398 e. The predicted octanol–water partition coefficient (Wildman–Crippen LogP) is 2.51. The van der Waals surface area contributed by atoms with E-state index in [1.807, 2.05) is 18.2 Å². The van der Waals surface area contributed by atoms with Crippen LogP contribution < -0.4 is 11.1 Å². The Morgan fingerprint density at radius 2 is 2.17 bits per heavy atom. The third-order valence-corrected chi connectivity index (χ3v) is 3.76. The zero-order chi connectivity index (χ0) is 12.7. The van der Waals surface area contributed by atoms with Crippen LogP contribution in [0.2, 0.25) is 0 Å². The summed E-state index contributed by atoms with van der Waals surface area (Å²) in [7, 11) is 0. The molecule has 0 unspecified atom stereocenters. The van der Waals surface area contributed by atoms with E-state index in [1.54, 1.807) is 6.20 Å². The highest BCUT2D eigenvalue weighted by molar-refractivity contribution is 9.10. The van der Waals surface area contributed by atoms with Gasteiger partial charge in [0.25, 0.3) is 0 Å². The summed E-state index contributed by atoms with van der Waals surface area (Å²) in [4.78, 5) is 4.42. The van der Waals surface area contributed by atoms with Crippen LogP contribution in [0.1, 0.15) is 12.8 Å². The first-order valence-corrected chi connectivity index (χ1v) is 6.71. The molecule has 0 spiro atoms. The molecule has 0 aliphatic heterocycles. The SMILES string of the molecule is Nc1ccc(NC2CC(O)C2)c2ncc(Br)cc12. The summed E-state index contributed by atoms with van der Waals surface area (Å²) in [5, 5.41) is 13.7.